The third-order valence-electron chi connectivity index (χ3n) is 7.02. The molecule has 0 aromatic rings. The maximum absolute atomic E-state index is 12.1. The van der Waals surface area contributed by atoms with Crippen molar-refractivity contribution >= 4 is 5.97 Å². The van der Waals surface area contributed by atoms with Gasteiger partial charge in [-0.15, -0.1) is 0 Å². The molecule has 6 fully saturated rings. The highest BCUT2D eigenvalue weighted by atomic mass is 16.7. The minimum atomic E-state index is -0.0129. The number of hydrogen-bond donors (Lipinski definition) is 0. The molecule has 4 aliphatic carbocycles. The quantitative estimate of drug-likeness (QED) is 0.553. The molecular weight excluding hydrogens is 244 g/mol. The Morgan fingerprint density at radius 3 is 2.26 bits per heavy atom. The zero-order valence-corrected chi connectivity index (χ0v) is 11.0. The van der Waals surface area contributed by atoms with Gasteiger partial charge in [-0.05, 0) is 38.0 Å². The van der Waals surface area contributed by atoms with Crippen molar-refractivity contribution in [3.8, 4) is 0 Å². The fraction of sp³-hybridized carbons (Fsp3) is 0.933. The molecule has 1 unspecified atom stereocenters. The van der Waals surface area contributed by atoms with Crippen molar-refractivity contribution in [3.63, 3.8) is 0 Å². The number of epoxide rings is 2. The highest BCUT2D eigenvalue weighted by Gasteiger charge is 2.98. The summed E-state index contributed by atoms with van der Waals surface area (Å²) in [5.74, 6) is 2.27. The van der Waals surface area contributed by atoms with Crippen LogP contribution in [0.1, 0.15) is 26.2 Å². The van der Waals surface area contributed by atoms with Gasteiger partial charge in [0.05, 0.1) is 24.7 Å². The van der Waals surface area contributed by atoms with E-state index >= 15 is 0 Å². The third-order valence-corrected chi connectivity index (χ3v) is 7.02. The van der Waals surface area contributed by atoms with Crippen LogP contribution in [0.25, 0.3) is 0 Å². The van der Waals surface area contributed by atoms with Crippen LogP contribution in [0.3, 0.4) is 0 Å². The van der Waals surface area contributed by atoms with Gasteiger partial charge in [0.25, 0.3) is 0 Å². The Labute approximate surface area is 111 Å². The van der Waals surface area contributed by atoms with Crippen LogP contribution in [-0.4, -0.2) is 36.0 Å². The standard InChI is InChI=1S/C15H18O4/c1-2-17-13(16)10-8-9(10)12-15(19-12)7-4-3-6(5-7)14(15)11(8)18-14/h6-12H,2-5H2,1H3/t6-,7+,8-,9+,10?,11-,12+,14-,15+. The third kappa shape index (κ3) is 0.786. The first-order valence-corrected chi connectivity index (χ1v) is 7.78. The maximum atomic E-state index is 12.1. The van der Waals surface area contributed by atoms with E-state index in [1.54, 1.807) is 0 Å². The number of hydrogen-bond acceptors (Lipinski definition) is 4. The second-order valence-corrected chi connectivity index (χ2v) is 7.30. The zero-order valence-electron chi connectivity index (χ0n) is 11.0. The number of rotatable bonds is 2. The molecule has 4 nitrogen and oxygen atoms in total. The predicted molar refractivity (Wildman–Crippen MR) is 63.1 cm³/mol. The van der Waals surface area contributed by atoms with Crippen LogP contribution in [-0.2, 0) is 19.0 Å². The van der Waals surface area contributed by atoms with Gasteiger partial charge in [0, 0.05) is 11.8 Å². The molecule has 2 heterocycles. The molecule has 0 N–H and O–H groups in total. The molecule has 19 heavy (non-hydrogen) atoms. The van der Waals surface area contributed by atoms with E-state index in [9.17, 15) is 4.79 Å². The van der Waals surface area contributed by atoms with Gasteiger partial charge in [0.1, 0.15) is 11.2 Å². The lowest BCUT2D eigenvalue weighted by molar-refractivity contribution is -0.145. The smallest absolute Gasteiger partial charge is 0.309 e. The van der Waals surface area contributed by atoms with Crippen molar-refractivity contribution in [1.82, 2.24) is 0 Å². The summed E-state index contributed by atoms with van der Waals surface area (Å²) in [6, 6.07) is 0. The van der Waals surface area contributed by atoms with E-state index in [1.165, 1.54) is 19.3 Å². The Kier molecular flexibility index (Phi) is 1.39. The number of carbonyl (C=O) groups is 1. The van der Waals surface area contributed by atoms with Crippen molar-refractivity contribution in [2.75, 3.05) is 6.61 Å². The number of ether oxygens (including phenoxy) is 3. The SMILES string of the molecule is CCOC(=O)C1[C@@H]2[C@H]1[C@H]1O[C@]13[C@@H]1CC[C@@H](C1)[C@@]31O[C@@H]21. The lowest BCUT2D eigenvalue weighted by atomic mass is 9.70. The Morgan fingerprint density at radius 1 is 1.16 bits per heavy atom. The van der Waals surface area contributed by atoms with Crippen LogP contribution in [0.5, 0.6) is 0 Å². The van der Waals surface area contributed by atoms with Crippen molar-refractivity contribution in [2.45, 2.75) is 49.6 Å². The summed E-state index contributed by atoms with van der Waals surface area (Å²) in [4.78, 5) is 12.1. The molecule has 0 aromatic heterocycles. The molecule has 2 saturated heterocycles. The van der Waals surface area contributed by atoms with Crippen LogP contribution in [0, 0.1) is 29.6 Å². The molecule has 2 aliphatic heterocycles. The highest BCUT2D eigenvalue weighted by molar-refractivity contribution is 5.78. The second kappa shape index (κ2) is 2.60. The van der Waals surface area contributed by atoms with E-state index in [0.29, 0.717) is 42.5 Å². The molecule has 9 atom stereocenters. The fourth-order valence-electron chi connectivity index (χ4n) is 6.46. The first-order chi connectivity index (χ1) is 9.25. The van der Waals surface area contributed by atoms with Gasteiger partial charge in [0.2, 0.25) is 0 Å². The Hall–Kier alpha value is -0.610. The molecule has 102 valence electrons. The average Bonchev–Trinajstić information content (AvgIpc) is 3.26. The van der Waals surface area contributed by atoms with Gasteiger partial charge in [-0.2, -0.15) is 0 Å². The fourth-order valence-corrected chi connectivity index (χ4v) is 6.46. The van der Waals surface area contributed by atoms with Gasteiger partial charge >= 0.3 is 5.97 Å². The summed E-state index contributed by atoms with van der Waals surface area (Å²) in [6.07, 6.45) is 4.53. The maximum Gasteiger partial charge on any atom is 0.309 e. The lowest BCUT2D eigenvalue weighted by Gasteiger charge is -2.28. The Morgan fingerprint density at radius 2 is 1.74 bits per heavy atom. The van der Waals surface area contributed by atoms with E-state index in [-0.39, 0.29) is 23.1 Å². The minimum absolute atomic E-state index is 0.0129. The molecule has 0 radical (unpaired) electrons. The molecule has 6 aliphatic rings. The molecule has 4 saturated carbocycles. The molecule has 4 heteroatoms. The van der Waals surface area contributed by atoms with Gasteiger partial charge in [-0.1, -0.05) is 0 Å². The molecule has 0 amide bonds. The molecular formula is C15H18O4. The first-order valence-electron chi connectivity index (χ1n) is 7.78. The zero-order chi connectivity index (χ0) is 12.6. The summed E-state index contributed by atoms with van der Waals surface area (Å²) in [5.41, 5.74) is 0.0615. The summed E-state index contributed by atoms with van der Waals surface area (Å²) < 4.78 is 17.7. The van der Waals surface area contributed by atoms with Crippen molar-refractivity contribution in [1.29, 1.82) is 0 Å². The van der Waals surface area contributed by atoms with Crippen LogP contribution in [0.15, 0.2) is 0 Å². The topological polar surface area (TPSA) is 51.4 Å². The normalized spacial score (nSPS) is 68.6. The summed E-state index contributed by atoms with van der Waals surface area (Å²) in [5, 5.41) is 0. The van der Waals surface area contributed by atoms with E-state index < -0.39 is 0 Å². The monoisotopic (exact) mass is 262 g/mol. The first kappa shape index (κ1) is 10.2. The molecule has 2 spiro atoms. The van der Waals surface area contributed by atoms with Crippen LogP contribution >= 0.6 is 0 Å². The number of esters is 1. The molecule has 2 bridgehead atoms. The van der Waals surface area contributed by atoms with E-state index in [2.05, 4.69) is 0 Å². The lowest BCUT2D eigenvalue weighted by Crippen LogP contribution is -2.46. The molecule has 6 rings (SSSR count). The van der Waals surface area contributed by atoms with Crippen molar-refractivity contribution < 1.29 is 19.0 Å². The minimum Gasteiger partial charge on any atom is -0.466 e. The predicted octanol–water partition coefficient (Wildman–Crippen LogP) is 1.13. The molecule has 0 aromatic carbocycles. The average molecular weight is 262 g/mol. The van der Waals surface area contributed by atoms with Gasteiger partial charge in [0.15, 0.2) is 0 Å². The summed E-state index contributed by atoms with van der Waals surface area (Å²) in [6.45, 7) is 2.36. The van der Waals surface area contributed by atoms with Crippen molar-refractivity contribution in [2.24, 2.45) is 29.6 Å². The second-order valence-electron chi connectivity index (χ2n) is 7.30. The number of carbonyl (C=O) groups excluding carboxylic acids is 1. The van der Waals surface area contributed by atoms with E-state index in [0.717, 1.165) is 0 Å². The van der Waals surface area contributed by atoms with Gasteiger partial charge in [-0.25, -0.2) is 0 Å². The van der Waals surface area contributed by atoms with Crippen LogP contribution < -0.4 is 0 Å². The van der Waals surface area contributed by atoms with E-state index in [4.69, 9.17) is 14.2 Å². The summed E-state index contributed by atoms with van der Waals surface area (Å²) >= 11 is 0. The van der Waals surface area contributed by atoms with Crippen molar-refractivity contribution in [3.05, 3.63) is 0 Å². The van der Waals surface area contributed by atoms with Crippen LogP contribution in [0.2, 0.25) is 0 Å². The number of fused-ring (bicyclic) bond motifs is 5. The largest absolute Gasteiger partial charge is 0.466 e. The summed E-state index contributed by atoms with van der Waals surface area (Å²) in [7, 11) is 0. The van der Waals surface area contributed by atoms with Crippen LogP contribution in [0.4, 0.5) is 0 Å². The van der Waals surface area contributed by atoms with Gasteiger partial charge < -0.3 is 14.2 Å². The Balaban J connectivity index is 1.39. The van der Waals surface area contributed by atoms with E-state index in [1.807, 2.05) is 6.92 Å². The van der Waals surface area contributed by atoms with Gasteiger partial charge in [-0.3, -0.25) is 4.79 Å². The Bertz CT molecular complexity index is 482. The highest BCUT2D eigenvalue weighted by Crippen LogP contribution is 2.85.